The Morgan fingerprint density at radius 3 is 2.79 bits per heavy atom. The van der Waals surface area contributed by atoms with Gasteiger partial charge in [-0.25, -0.2) is 13.8 Å². The fraction of sp³-hybridized carbons (Fsp3) is 0.100. The normalized spacial score (nSPS) is 11.1. The molecule has 2 aromatic heterocycles. The predicted molar refractivity (Wildman–Crippen MR) is 106 cm³/mol. The molecule has 0 bridgehead atoms. The third-order valence-electron chi connectivity index (χ3n) is 3.89. The lowest BCUT2D eigenvalue weighted by Gasteiger charge is -2.04. The van der Waals surface area contributed by atoms with E-state index in [0.29, 0.717) is 16.4 Å². The van der Waals surface area contributed by atoms with E-state index in [4.69, 9.17) is 4.42 Å². The van der Waals surface area contributed by atoms with Crippen molar-refractivity contribution in [3.05, 3.63) is 72.0 Å². The number of carbonyl (C=O) groups is 1. The SMILES string of the molecule is O=C(CSc1ccc(F)c(F)c1)NCc1ccc(-c2nc3ccccc3s2)o1. The second-order valence-electron chi connectivity index (χ2n) is 5.89. The topological polar surface area (TPSA) is 55.1 Å². The highest BCUT2D eigenvalue weighted by Crippen LogP contribution is 2.31. The van der Waals surface area contributed by atoms with Gasteiger partial charge in [-0.05, 0) is 42.5 Å². The zero-order valence-electron chi connectivity index (χ0n) is 14.4. The predicted octanol–water partition coefficient (Wildman–Crippen LogP) is 5.24. The fourth-order valence-electron chi connectivity index (χ4n) is 2.52. The molecule has 8 heteroatoms. The first-order valence-corrected chi connectivity index (χ1v) is 10.2. The van der Waals surface area contributed by atoms with E-state index < -0.39 is 11.6 Å². The fourth-order valence-corrected chi connectivity index (χ4v) is 4.20. The first kappa shape index (κ1) is 18.6. The van der Waals surface area contributed by atoms with Crippen molar-refractivity contribution in [2.24, 2.45) is 0 Å². The number of amides is 1. The van der Waals surface area contributed by atoms with Crippen LogP contribution in [0.4, 0.5) is 8.78 Å². The number of benzene rings is 2. The number of aromatic nitrogens is 1. The number of nitrogens with one attached hydrogen (secondary N) is 1. The Bertz CT molecular complexity index is 1110. The largest absolute Gasteiger partial charge is 0.457 e. The van der Waals surface area contributed by atoms with E-state index >= 15 is 0 Å². The third-order valence-corrected chi connectivity index (χ3v) is 5.93. The van der Waals surface area contributed by atoms with Crippen LogP contribution in [0.15, 0.2) is 63.9 Å². The molecule has 0 unspecified atom stereocenters. The van der Waals surface area contributed by atoms with E-state index in [1.54, 1.807) is 17.4 Å². The summed E-state index contributed by atoms with van der Waals surface area (Å²) in [4.78, 5) is 17.0. The van der Waals surface area contributed by atoms with Crippen molar-refractivity contribution in [2.45, 2.75) is 11.4 Å². The molecule has 4 aromatic rings. The summed E-state index contributed by atoms with van der Waals surface area (Å²) >= 11 is 2.68. The van der Waals surface area contributed by atoms with E-state index in [1.807, 2.05) is 30.3 Å². The van der Waals surface area contributed by atoms with Crippen molar-refractivity contribution in [3.63, 3.8) is 0 Å². The highest BCUT2D eigenvalue weighted by atomic mass is 32.2. The molecule has 0 saturated heterocycles. The summed E-state index contributed by atoms with van der Waals surface area (Å²) < 4.78 is 32.9. The minimum absolute atomic E-state index is 0.0938. The Hall–Kier alpha value is -2.71. The molecule has 0 fully saturated rings. The molecule has 0 aliphatic carbocycles. The second kappa shape index (κ2) is 8.12. The number of para-hydroxylation sites is 1. The third kappa shape index (κ3) is 4.23. The van der Waals surface area contributed by atoms with Crippen molar-refractivity contribution >= 4 is 39.2 Å². The molecule has 0 aliphatic heterocycles. The molecular formula is C20H14F2N2O2S2. The van der Waals surface area contributed by atoms with E-state index in [0.717, 1.165) is 39.1 Å². The van der Waals surface area contributed by atoms with Crippen molar-refractivity contribution in [3.8, 4) is 10.8 Å². The smallest absolute Gasteiger partial charge is 0.230 e. The Balaban J connectivity index is 1.32. The molecule has 1 amide bonds. The molecule has 0 saturated carbocycles. The van der Waals surface area contributed by atoms with E-state index in [-0.39, 0.29) is 18.2 Å². The maximum Gasteiger partial charge on any atom is 0.230 e. The molecule has 0 atom stereocenters. The highest BCUT2D eigenvalue weighted by molar-refractivity contribution is 8.00. The standard InChI is InChI=1S/C20H14F2N2O2S2/c21-14-7-6-13(9-15(14)22)27-11-19(25)23-10-12-5-8-17(26-12)20-24-16-3-1-2-4-18(16)28-20/h1-9H,10-11H2,(H,23,25). The van der Waals surface area contributed by atoms with Gasteiger partial charge in [0.1, 0.15) is 5.76 Å². The van der Waals surface area contributed by atoms with Crippen molar-refractivity contribution < 1.29 is 18.0 Å². The molecule has 1 N–H and O–H groups in total. The highest BCUT2D eigenvalue weighted by Gasteiger charge is 2.11. The van der Waals surface area contributed by atoms with Crippen LogP contribution >= 0.6 is 23.1 Å². The quantitative estimate of drug-likeness (QED) is 0.437. The second-order valence-corrected chi connectivity index (χ2v) is 7.97. The molecule has 28 heavy (non-hydrogen) atoms. The number of nitrogens with zero attached hydrogens (tertiary/aromatic N) is 1. The molecule has 4 nitrogen and oxygen atoms in total. The molecule has 142 valence electrons. The molecular weight excluding hydrogens is 402 g/mol. The van der Waals surface area contributed by atoms with Crippen LogP contribution in [0.5, 0.6) is 0 Å². The van der Waals surface area contributed by atoms with Crippen LogP contribution in [0.1, 0.15) is 5.76 Å². The number of thiazole rings is 1. The maximum absolute atomic E-state index is 13.2. The monoisotopic (exact) mass is 416 g/mol. The zero-order valence-corrected chi connectivity index (χ0v) is 16.1. The van der Waals surface area contributed by atoms with Crippen LogP contribution in [0.3, 0.4) is 0 Å². The van der Waals surface area contributed by atoms with Gasteiger partial charge in [0.2, 0.25) is 5.91 Å². The summed E-state index contributed by atoms with van der Waals surface area (Å²) in [6.45, 7) is 0.238. The molecule has 0 radical (unpaired) electrons. The lowest BCUT2D eigenvalue weighted by Crippen LogP contribution is -2.24. The minimum Gasteiger partial charge on any atom is -0.457 e. The van der Waals surface area contributed by atoms with Crippen LogP contribution in [-0.2, 0) is 11.3 Å². The molecule has 2 aromatic carbocycles. The first-order chi connectivity index (χ1) is 13.6. The number of hydrogen-bond acceptors (Lipinski definition) is 5. The van der Waals surface area contributed by atoms with Gasteiger partial charge in [-0.3, -0.25) is 4.79 Å². The minimum atomic E-state index is -0.927. The Labute approximate surface area is 167 Å². The van der Waals surface area contributed by atoms with Gasteiger partial charge >= 0.3 is 0 Å². The number of halogens is 2. The van der Waals surface area contributed by atoms with Gasteiger partial charge in [0.05, 0.1) is 22.5 Å². The van der Waals surface area contributed by atoms with Gasteiger partial charge in [-0.1, -0.05) is 12.1 Å². The molecule has 0 aliphatic rings. The zero-order chi connectivity index (χ0) is 19.5. The average molecular weight is 416 g/mol. The van der Waals surface area contributed by atoms with Gasteiger partial charge in [-0.2, -0.15) is 0 Å². The van der Waals surface area contributed by atoms with Gasteiger partial charge in [-0.15, -0.1) is 23.1 Å². The Kier molecular flexibility index (Phi) is 5.40. The summed E-state index contributed by atoms with van der Waals surface area (Å²) in [5.74, 6) is -0.704. The Morgan fingerprint density at radius 1 is 1.11 bits per heavy atom. The first-order valence-electron chi connectivity index (χ1n) is 8.38. The number of furan rings is 1. The van der Waals surface area contributed by atoms with Crippen molar-refractivity contribution in [1.29, 1.82) is 0 Å². The molecule has 0 spiro atoms. The number of fused-ring (bicyclic) bond motifs is 1. The van der Waals surface area contributed by atoms with Crippen molar-refractivity contribution in [1.82, 2.24) is 10.3 Å². The average Bonchev–Trinajstić information content (AvgIpc) is 3.33. The van der Waals surface area contributed by atoms with Gasteiger partial charge in [0.25, 0.3) is 0 Å². The van der Waals surface area contributed by atoms with Crippen LogP contribution in [0.25, 0.3) is 21.0 Å². The van der Waals surface area contributed by atoms with Crippen LogP contribution in [0.2, 0.25) is 0 Å². The summed E-state index contributed by atoms with van der Waals surface area (Å²) in [7, 11) is 0. The molecule has 4 rings (SSSR count). The van der Waals surface area contributed by atoms with Crippen molar-refractivity contribution in [2.75, 3.05) is 5.75 Å². The van der Waals surface area contributed by atoms with Gasteiger partial charge in [0.15, 0.2) is 22.4 Å². The van der Waals surface area contributed by atoms with E-state index in [1.165, 1.54) is 6.07 Å². The summed E-state index contributed by atoms with van der Waals surface area (Å²) in [6, 6.07) is 15.0. The Morgan fingerprint density at radius 2 is 1.96 bits per heavy atom. The number of hydrogen-bond donors (Lipinski definition) is 1. The van der Waals surface area contributed by atoms with Gasteiger partial charge < -0.3 is 9.73 Å². The van der Waals surface area contributed by atoms with E-state index in [9.17, 15) is 13.6 Å². The van der Waals surface area contributed by atoms with Crippen LogP contribution in [0, 0.1) is 11.6 Å². The lowest BCUT2D eigenvalue weighted by molar-refractivity contribution is -0.118. The lowest BCUT2D eigenvalue weighted by atomic mass is 10.3. The summed E-state index contributed by atoms with van der Waals surface area (Å²) in [5.41, 5.74) is 0.919. The molecule has 2 heterocycles. The number of rotatable bonds is 6. The number of carbonyl (C=O) groups excluding carboxylic acids is 1. The number of thioether (sulfide) groups is 1. The maximum atomic E-state index is 13.2. The van der Waals surface area contributed by atoms with Crippen LogP contribution < -0.4 is 5.32 Å². The van der Waals surface area contributed by atoms with Gasteiger partial charge in [0, 0.05) is 4.90 Å². The van der Waals surface area contributed by atoms with Crippen LogP contribution in [-0.4, -0.2) is 16.6 Å². The van der Waals surface area contributed by atoms with E-state index in [2.05, 4.69) is 10.3 Å². The summed E-state index contributed by atoms with van der Waals surface area (Å²) in [5, 5.41) is 3.53. The summed E-state index contributed by atoms with van der Waals surface area (Å²) in [6.07, 6.45) is 0.